The van der Waals surface area contributed by atoms with Crippen LogP contribution in [0.15, 0.2) is 66.7 Å². The van der Waals surface area contributed by atoms with Crippen LogP contribution in [-0.2, 0) is 22.6 Å². The van der Waals surface area contributed by atoms with E-state index in [1.807, 2.05) is 73.8 Å². The molecule has 184 valence electrons. The Morgan fingerprint density at radius 1 is 1.06 bits per heavy atom. The molecule has 0 heterocycles. The number of halogens is 1. The number of carbonyl (C=O) groups is 2. The van der Waals surface area contributed by atoms with Crippen LogP contribution in [0.4, 0.5) is 0 Å². The Bertz CT molecular complexity index is 1170. The van der Waals surface area contributed by atoms with Gasteiger partial charge in [-0.15, -0.1) is 0 Å². The zero-order valence-corrected chi connectivity index (χ0v) is 22.5. The summed E-state index contributed by atoms with van der Waals surface area (Å²) >= 11 is 7.77. The molecular weight excluding hydrogens is 489 g/mol. The fourth-order valence-electron chi connectivity index (χ4n) is 3.78. The Morgan fingerprint density at radius 2 is 1.78 bits per heavy atom. The number of amides is 1. The fraction of sp³-hybridized carbons (Fsp3) is 0.286. The first-order valence-electron chi connectivity index (χ1n) is 11.4. The van der Waals surface area contributed by atoms with Crippen molar-refractivity contribution in [1.29, 1.82) is 0 Å². The van der Waals surface area contributed by atoms with Gasteiger partial charge in [-0.05, 0) is 77.8 Å². The Kier molecular flexibility index (Phi) is 12.6. The number of carboxylic acids is 1. The second-order valence-corrected chi connectivity index (χ2v) is 9.63. The van der Waals surface area contributed by atoms with Gasteiger partial charge < -0.3 is 15.2 Å². The number of benzene rings is 3. The standard InChI is InChI=1S/C28H30ClNO4S.Li/c1-19-7-3-5-9-22(19)24-17-20(18-34-15-13-21-8-4-6-10-25(21)29)11-12-23(24)27(31)30-26(28(32)33)14-16-35-2;/h3-12,17,26H,13-16,18H2,1-2H3,(H,30,31)(H,32,33);/q;+1. The average molecular weight is 519 g/mol. The number of carbonyl (C=O) groups excluding carboxylic acids is 1. The summed E-state index contributed by atoms with van der Waals surface area (Å²) < 4.78 is 5.90. The number of hydrogen-bond acceptors (Lipinski definition) is 4. The maximum atomic E-state index is 13.2. The molecule has 2 N–H and O–H groups in total. The van der Waals surface area contributed by atoms with E-state index in [0.717, 1.165) is 32.8 Å². The van der Waals surface area contributed by atoms with Crippen LogP contribution < -0.4 is 24.2 Å². The van der Waals surface area contributed by atoms with Crippen molar-refractivity contribution in [3.05, 3.63) is 94.0 Å². The van der Waals surface area contributed by atoms with E-state index in [9.17, 15) is 14.7 Å². The van der Waals surface area contributed by atoms with Gasteiger partial charge in [0.15, 0.2) is 0 Å². The van der Waals surface area contributed by atoms with Gasteiger partial charge >= 0.3 is 24.8 Å². The molecule has 0 bridgehead atoms. The van der Waals surface area contributed by atoms with E-state index in [4.69, 9.17) is 16.3 Å². The monoisotopic (exact) mass is 518 g/mol. The number of aliphatic carboxylic acids is 1. The first-order valence-corrected chi connectivity index (χ1v) is 13.2. The van der Waals surface area contributed by atoms with Crippen molar-refractivity contribution >= 4 is 35.2 Å². The van der Waals surface area contributed by atoms with Gasteiger partial charge in [-0.25, -0.2) is 4.79 Å². The molecule has 0 fully saturated rings. The number of hydrogen-bond donors (Lipinski definition) is 2. The van der Waals surface area contributed by atoms with Crippen LogP contribution in [0.1, 0.15) is 33.5 Å². The zero-order chi connectivity index (χ0) is 25.2. The molecule has 3 rings (SSSR count). The molecule has 1 amide bonds. The van der Waals surface area contributed by atoms with Crippen LogP contribution in [0.2, 0.25) is 5.02 Å². The minimum absolute atomic E-state index is 0. The molecule has 5 nitrogen and oxygen atoms in total. The summed E-state index contributed by atoms with van der Waals surface area (Å²) in [6.07, 6.45) is 2.98. The van der Waals surface area contributed by atoms with Crippen molar-refractivity contribution in [2.75, 3.05) is 18.6 Å². The van der Waals surface area contributed by atoms with Gasteiger partial charge in [0.1, 0.15) is 6.04 Å². The number of aryl methyl sites for hydroxylation is 1. The van der Waals surface area contributed by atoms with Gasteiger partial charge in [0, 0.05) is 10.6 Å². The quantitative estimate of drug-likeness (QED) is 0.285. The van der Waals surface area contributed by atoms with Crippen LogP contribution in [0.25, 0.3) is 11.1 Å². The Balaban J connectivity index is 0.00000456. The molecular formula is C28H30ClLiNO4S+. The van der Waals surface area contributed by atoms with E-state index in [-0.39, 0.29) is 18.9 Å². The predicted octanol–water partition coefficient (Wildman–Crippen LogP) is 3.01. The SMILES string of the molecule is CSCCC(NC(=O)c1ccc(COCCc2ccccc2Cl)cc1-c1ccccc1C)C(=O)O.[Li+]. The van der Waals surface area contributed by atoms with Gasteiger partial charge in [0.2, 0.25) is 0 Å². The number of ether oxygens (including phenoxy) is 1. The molecule has 3 aromatic rings. The minimum atomic E-state index is -1.03. The van der Waals surface area contributed by atoms with E-state index >= 15 is 0 Å². The van der Waals surface area contributed by atoms with Gasteiger partial charge in [-0.3, -0.25) is 4.79 Å². The van der Waals surface area contributed by atoms with Crippen molar-refractivity contribution in [3.63, 3.8) is 0 Å². The maximum Gasteiger partial charge on any atom is 1.00 e. The van der Waals surface area contributed by atoms with Crippen LogP contribution in [0, 0.1) is 6.92 Å². The third-order valence-electron chi connectivity index (χ3n) is 5.72. The molecule has 0 aromatic heterocycles. The molecule has 36 heavy (non-hydrogen) atoms. The molecule has 0 spiro atoms. The molecule has 1 atom stereocenters. The zero-order valence-electron chi connectivity index (χ0n) is 20.9. The van der Waals surface area contributed by atoms with Crippen molar-refractivity contribution in [3.8, 4) is 11.1 Å². The Labute approximate surface area is 234 Å². The van der Waals surface area contributed by atoms with Gasteiger partial charge in [0.25, 0.3) is 5.91 Å². The fourth-order valence-corrected chi connectivity index (χ4v) is 4.48. The second-order valence-electron chi connectivity index (χ2n) is 8.23. The molecule has 0 saturated heterocycles. The van der Waals surface area contributed by atoms with Crippen LogP contribution in [0.3, 0.4) is 0 Å². The number of rotatable bonds is 12. The number of nitrogens with one attached hydrogen (secondary N) is 1. The largest absolute Gasteiger partial charge is 1.00 e. The van der Waals surface area contributed by atoms with E-state index in [2.05, 4.69) is 5.32 Å². The molecule has 1 unspecified atom stereocenters. The summed E-state index contributed by atoms with van der Waals surface area (Å²) in [5.41, 5.74) is 5.10. The average Bonchev–Trinajstić information content (AvgIpc) is 2.85. The minimum Gasteiger partial charge on any atom is -0.480 e. The van der Waals surface area contributed by atoms with Crippen LogP contribution in [0.5, 0.6) is 0 Å². The summed E-state index contributed by atoms with van der Waals surface area (Å²) in [7, 11) is 0. The summed E-state index contributed by atoms with van der Waals surface area (Å²) in [5, 5.41) is 13.0. The maximum absolute atomic E-state index is 13.2. The Hall–Kier alpha value is -2.20. The summed E-state index contributed by atoms with van der Waals surface area (Å²) in [4.78, 5) is 24.8. The number of carboxylic acid groups (broad SMARTS) is 1. The third-order valence-corrected chi connectivity index (χ3v) is 6.73. The summed E-state index contributed by atoms with van der Waals surface area (Å²) in [5.74, 6) is -0.789. The van der Waals surface area contributed by atoms with E-state index in [0.29, 0.717) is 37.4 Å². The first-order chi connectivity index (χ1) is 16.9. The first kappa shape index (κ1) is 30.0. The van der Waals surface area contributed by atoms with Crippen LogP contribution in [-0.4, -0.2) is 41.6 Å². The molecule has 0 aliphatic heterocycles. The summed E-state index contributed by atoms with van der Waals surface area (Å²) in [6, 6.07) is 20.1. The molecule has 8 heteroatoms. The topological polar surface area (TPSA) is 75.6 Å². The molecule has 3 aromatic carbocycles. The van der Waals surface area contributed by atoms with Crippen molar-refractivity contribution < 1.29 is 38.3 Å². The summed E-state index contributed by atoms with van der Waals surface area (Å²) in [6.45, 7) is 2.89. The van der Waals surface area contributed by atoms with Gasteiger partial charge in [-0.1, -0.05) is 60.1 Å². The van der Waals surface area contributed by atoms with E-state index in [1.165, 1.54) is 0 Å². The van der Waals surface area contributed by atoms with Crippen molar-refractivity contribution in [2.24, 2.45) is 0 Å². The smallest absolute Gasteiger partial charge is 0.480 e. The van der Waals surface area contributed by atoms with E-state index < -0.39 is 17.9 Å². The Morgan fingerprint density at radius 3 is 2.47 bits per heavy atom. The molecule has 0 saturated carbocycles. The van der Waals surface area contributed by atoms with Crippen molar-refractivity contribution in [1.82, 2.24) is 5.32 Å². The second kappa shape index (κ2) is 15.1. The van der Waals surface area contributed by atoms with Gasteiger partial charge in [-0.2, -0.15) is 11.8 Å². The van der Waals surface area contributed by atoms with Crippen LogP contribution >= 0.6 is 23.4 Å². The van der Waals surface area contributed by atoms with Crippen molar-refractivity contribution in [2.45, 2.75) is 32.4 Å². The molecule has 0 radical (unpaired) electrons. The third kappa shape index (κ3) is 8.43. The van der Waals surface area contributed by atoms with Gasteiger partial charge in [0.05, 0.1) is 13.2 Å². The predicted molar refractivity (Wildman–Crippen MR) is 143 cm³/mol. The number of thioether (sulfide) groups is 1. The van der Waals surface area contributed by atoms with E-state index in [1.54, 1.807) is 17.8 Å². The molecule has 0 aliphatic carbocycles. The molecule has 0 aliphatic rings. The normalized spacial score (nSPS) is 11.4.